The standard InChI is InChI=1S/C9H18N2O2/c1-13-5-3-9(12)11-4-2-8(6-10)7-11/h8H,2-7,10H2,1H3. The Bertz CT molecular complexity index is 173. The average Bonchev–Trinajstić information content (AvgIpc) is 2.62. The van der Waals surface area contributed by atoms with Crippen LogP contribution in [0.4, 0.5) is 0 Å². The second kappa shape index (κ2) is 5.19. The van der Waals surface area contributed by atoms with E-state index in [-0.39, 0.29) is 5.91 Å². The van der Waals surface area contributed by atoms with Gasteiger partial charge in [-0.15, -0.1) is 0 Å². The van der Waals surface area contributed by atoms with Crippen molar-refractivity contribution in [2.75, 3.05) is 33.4 Å². The van der Waals surface area contributed by atoms with Gasteiger partial charge in [-0.1, -0.05) is 0 Å². The van der Waals surface area contributed by atoms with E-state index in [4.69, 9.17) is 10.5 Å². The van der Waals surface area contributed by atoms with E-state index in [0.717, 1.165) is 19.5 Å². The topological polar surface area (TPSA) is 55.6 Å². The Kier molecular flexibility index (Phi) is 4.18. The van der Waals surface area contributed by atoms with E-state index in [1.807, 2.05) is 4.90 Å². The smallest absolute Gasteiger partial charge is 0.224 e. The van der Waals surface area contributed by atoms with Crippen LogP contribution in [0.3, 0.4) is 0 Å². The van der Waals surface area contributed by atoms with Gasteiger partial charge in [0, 0.05) is 20.2 Å². The number of hydrogen-bond donors (Lipinski definition) is 1. The van der Waals surface area contributed by atoms with Crippen LogP contribution in [0.5, 0.6) is 0 Å². The summed E-state index contributed by atoms with van der Waals surface area (Å²) in [4.78, 5) is 13.4. The van der Waals surface area contributed by atoms with Crippen molar-refractivity contribution in [2.45, 2.75) is 12.8 Å². The molecule has 1 amide bonds. The van der Waals surface area contributed by atoms with Gasteiger partial charge in [-0.3, -0.25) is 4.79 Å². The van der Waals surface area contributed by atoms with Crippen molar-refractivity contribution in [3.63, 3.8) is 0 Å². The van der Waals surface area contributed by atoms with Crippen molar-refractivity contribution in [3.8, 4) is 0 Å². The zero-order chi connectivity index (χ0) is 9.68. The molecule has 76 valence electrons. The molecule has 0 bridgehead atoms. The van der Waals surface area contributed by atoms with Crippen molar-refractivity contribution in [2.24, 2.45) is 11.7 Å². The first-order valence-corrected chi connectivity index (χ1v) is 4.74. The fourth-order valence-corrected chi connectivity index (χ4v) is 1.60. The van der Waals surface area contributed by atoms with Gasteiger partial charge in [0.1, 0.15) is 0 Å². The summed E-state index contributed by atoms with van der Waals surface area (Å²) < 4.78 is 4.85. The van der Waals surface area contributed by atoms with Gasteiger partial charge in [0.2, 0.25) is 5.91 Å². The van der Waals surface area contributed by atoms with Gasteiger partial charge in [0.25, 0.3) is 0 Å². The molecule has 0 radical (unpaired) electrons. The van der Waals surface area contributed by atoms with E-state index >= 15 is 0 Å². The number of methoxy groups -OCH3 is 1. The van der Waals surface area contributed by atoms with Crippen molar-refractivity contribution in [1.29, 1.82) is 0 Å². The molecule has 2 N–H and O–H groups in total. The summed E-state index contributed by atoms with van der Waals surface area (Å²) in [6.45, 7) is 2.90. The summed E-state index contributed by atoms with van der Waals surface area (Å²) in [5.74, 6) is 0.698. The molecular formula is C9H18N2O2. The van der Waals surface area contributed by atoms with E-state index in [0.29, 0.717) is 25.5 Å². The maximum atomic E-state index is 11.5. The number of nitrogens with two attached hydrogens (primary N) is 1. The molecule has 1 aliphatic rings. The lowest BCUT2D eigenvalue weighted by Crippen LogP contribution is -2.30. The molecular weight excluding hydrogens is 168 g/mol. The third kappa shape index (κ3) is 2.97. The molecule has 1 fully saturated rings. The lowest BCUT2D eigenvalue weighted by atomic mass is 10.1. The highest BCUT2D eigenvalue weighted by atomic mass is 16.5. The number of nitrogens with zero attached hydrogens (tertiary/aromatic N) is 1. The van der Waals surface area contributed by atoms with Gasteiger partial charge >= 0.3 is 0 Å². The normalized spacial score (nSPS) is 22.3. The van der Waals surface area contributed by atoms with Crippen LogP contribution in [-0.2, 0) is 9.53 Å². The maximum absolute atomic E-state index is 11.5. The van der Waals surface area contributed by atoms with Gasteiger partial charge in [-0.05, 0) is 18.9 Å². The minimum atomic E-state index is 0.192. The van der Waals surface area contributed by atoms with E-state index in [9.17, 15) is 4.79 Å². The first-order chi connectivity index (χ1) is 6.27. The zero-order valence-corrected chi connectivity index (χ0v) is 8.16. The van der Waals surface area contributed by atoms with Gasteiger partial charge < -0.3 is 15.4 Å². The van der Waals surface area contributed by atoms with Gasteiger partial charge in [-0.25, -0.2) is 0 Å². The highest BCUT2D eigenvalue weighted by Gasteiger charge is 2.24. The summed E-state index contributed by atoms with van der Waals surface area (Å²) in [7, 11) is 1.61. The Morgan fingerprint density at radius 3 is 3.00 bits per heavy atom. The van der Waals surface area contributed by atoms with Crippen LogP contribution in [0.1, 0.15) is 12.8 Å². The molecule has 1 unspecified atom stereocenters. The molecule has 1 rings (SSSR count). The Hall–Kier alpha value is -0.610. The van der Waals surface area contributed by atoms with E-state index in [2.05, 4.69) is 0 Å². The first-order valence-electron chi connectivity index (χ1n) is 4.74. The number of carbonyl (C=O) groups is 1. The van der Waals surface area contributed by atoms with Crippen LogP contribution in [0.25, 0.3) is 0 Å². The highest BCUT2D eigenvalue weighted by Crippen LogP contribution is 2.15. The molecule has 0 aromatic carbocycles. The van der Waals surface area contributed by atoms with Gasteiger partial charge in [0.05, 0.1) is 13.0 Å². The quantitative estimate of drug-likeness (QED) is 0.663. The molecule has 1 atom stereocenters. The Morgan fingerprint density at radius 1 is 1.69 bits per heavy atom. The first kappa shape index (κ1) is 10.5. The summed E-state index contributed by atoms with van der Waals surface area (Å²) in [6.07, 6.45) is 1.54. The predicted octanol–water partition coefficient (Wildman–Crippen LogP) is -0.170. The molecule has 0 spiro atoms. The Balaban J connectivity index is 2.25. The van der Waals surface area contributed by atoms with E-state index < -0.39 is 0 Å². The number of amides is 1. The third-order valence-corrected chi connectivity index (χ3v) is 2.49. The molecule has 4 heteroatoms. The molecule has 4 nitrogen and oxygen atoms in total. The monoisotopic (exact) mass is 186 g/mol. The van der Waals surface area contributed by atoms with Crippen LogP contribution in [0.2, 0.25) is 0 Å². The lowest BCUT2D eigenvalue weighted by molar-refractivity contribution is -0.131. The SMILES string of the molecule is COCCC(=O)N1CCC(CN)C1. The molecule has 1 heterocycles. The van der Waals surface area contributed by atoms with Crippen molar-refractivity contribution >= 4 is 5.91 Å². The fourth-order valence-electron chi connectivity index (χ4n) is 1.60. The maximum Gasteiger partial charge on any atom is 0.224 e. The highest BCUT2D eigenvalue weighted by molar-refractivity contribution is 5.76. The van der Waals surface area contributed by atoms with Gasteiger partial charge in [-0.2, -0.15) is 0 Å². The van der Waals surface area contributed by atoms with Crippen LogP contribution in [0, 0.1) is 5.92 Å². The zero-order valence-electron chi connectivity index (χ0n) is 8.16. The van der Waals surface area contributed by atoms with Crippen LogP contribution >= 0.6 is 0 Å². The van der Waals surface area contributed by atoms with Crippen LogP contribution in [-0.4, -0.2) is 44.2 Å². The Labute approximate surface area is 79.0 Å². The number of carbonyl (C=O) groups excluding carboxylic acids is 1. The second-order valence-electron chi connectivity index (χ2n) is 3.47. The lowest BCUT2D eigenvalue weighted by Gasteiger charge is -2.15. The fraction of sp³-hybridized carbons (Fsp3) is 0.889. The largest absolute Gasteiger partial charge is 0.384 e. The second-order valence-corrected chi connectivity index (χ2v) is 3.47. The summed E-state index contributed by atoms with van der Waals surface area (Å²) in [5.41, 5.74) is 5.53. The molecule has 1 aliphatic heterocycles. The van der Waals surface area contributed by atoms with E-state index in [1.165, 1.54) is 0 Å². The minimum absolute atomic E-state index is 0.192. The molecule has 0 saturated carbocycles. The van der Waals surface area contributed by atoms with Crippen LogP contribution < -0.4 is 5.73 Å². The minimum Gasteiger partial charge on any atom is -0.384 e. The molecule has 13 heavy (non-hydrogen) atoms. The predicted molar refractivity (Wildman–Crippen MR) is 50.2 cm³/mol. The Morgan fingerprint density at radius 2 is 2.46 bits per heavy atom. The number of ether oxygens (including phenoxy) is 1. The summed E-state index contributed by atoms with van der Waals surface area (Å²) in [6, 6.07) is 0. The van der Waals surface area contributed by atoms with Crippen molar-refractivity contribution in [3.05, 3.63) is 0 Å². The van der Waals surface area contributed by atoms with Gasteiger partial charge in [0.15, 0.2) is 0 Å². The molecule has 0 aliphatic carbocycles. The molecule has 1 saturated heterocycles. The summed E-state index contributed by atoms with van der Waals surface area (Å²) >= 11 is 0. The van der Waals surface area contributed by atoms with Crippen LogP contribution in [0.15, 0.2) is 0 Å². The number of rotatable bonds is 4. The average molecular weight is 186 g/mol. The number of hydrogen-bond acceptors (Lipinski definition) is 3. The van der Waals surface area contributed by atoms with Crippen molar-refractivity contribution < 1.29 is 9.53 Å². The van der Waals surface area contributed by atoms with E-state index in [1.54, 1.807) is 7.11 Å². The summed E-state index contributed by atoms with van der Waals surface area (Å²) in [5, 5.41) is 0. The number of likely N-dealkylation sites (tertiary alicyclic amines) is 1. The molecule has 0 aromatic rings. The third-order valence-electron chi connectivity index (χ3n) is 2.49. The molecule has 0 aromatic heterocycles. The van der Waals surface area contributed by atoms with Crippen molar-refractivity contribution in [1.82, 2.24) is 4.90 Å².